The molecule has 3 rings (SSSR count). The molecule has 1 amide bonds. The Morgan fingerprint density at radius 2 is 1.91 bits per heavy atom. The molecule has 4 nitrogen and oxygen atoms in total. The van der Waals surface area contributed by atoms with Gasteiger partial charge in [0.1, 0.15) is 6.04 Å². The second-order valence-electron chi connectivity index (χ2n) is 5.67. The number of rotatable bonds is 5. The topological polar surface area (TPSA) is 61.4 Å². The maximum Gasteiger partial charge on any atom is 0.243 e. The zero-order valence-electron chi connectivity index (χ0n) is 12.6. The molecule has 23 heavy (non-hydrogen) atoms. The Labute approximate surface area is 140 Å². The van der Waals surface area contributed by atoms with Crippen molar-refractivity contribution in [3.63, 3.8) is 0 Å². The van der Waals surface area contributed by atoms with Gasteiger partial charge in [0.15, 0.2) is 0 Å². The van der Waals surface area contributed by atoms with Gasteiger partial charge in [-0.2, -0.15) is 0 Å². The third-order valence-electron chi connectivity index (χ3n) is 4.18. The van der Waals surface area contributed by atoms with E-state index in [0.717, 1.165) is 16.8 Å². The number of hydrogen-bond donors (Lipinski definition) is 3. The molecule has 0 fully saturated rings. The van der Waals surface area contributed by atoms with Crippen molar-refractivity contribution in [2.24, 2.45) is 0 Å². The summed E-state index contributed by atoms with van der Waals surface area (Å²) in [6.07, 6.45) is 0.559. The predicted octanol–water partition coefficient (Wildman–Crippen LogP) is 2.92. The lowest BCUT2D eigenvalue weighted by atomic mass is 9.91. The maximum atomic E-state index is 12.6. The minimum absolute atomic E-state index is 0.0126. The van der Waals surface area contributed by atoms with Gasteiger partial charge in [0, 0.05) is 29.8 Å². The lowest BCUT2D eigenvalue weighted by molar-refractivity contribution is -0.122. The number of benzene rings is 2. The fraction of sp³-hybridized carbons (Fsp3) is 0.278. The van der Waals surface area contributed by atoms with Crippen molar-refractivity contribution in [1.82, 2.24) is 5.32 Å². The number of anilines is 1. The number of carbonyl (C=O) groups excluding carboxylic acids is 1. The molecule has 2 atom stereocenters. The van der Waals surface area contributed by atoms with Gasteiger partial charge in [0.25, 0.3) is 0 Å². The average Bonchev–Trinajstić information content (AvgIpc) is 2.93. The fourth-order valence-corrected chi connectivity index (χ4v) is 3.14. The van der Waals surface area contributed by atoms with Crippen LogP contribution >= 0.6 is 11.6 Å². The first-order valence-corrected chi connectivity index (χ1v) is 8.05. The van der Waals surface area contributed by atoms with E-state index in [-0.39, 0.29) is 24.5 Å². The first kappa shape index (κ1) is 15.8. The van der Waals surface area contributed by atoms with Crippen LogP contribution in [0.3, 0.4) is 0 Å². The molecule has 0 saturated heterocycles. The second kappa shape index (κ2) is 7.02. The Balaban J connectivity index is 1.68. The van der Waals surface area contributed by atoms with Crippen LogP contribution in [-0.2, 0) is 11.3 Å². The normalized spacial score (nSPS) is 19.0. The molecule has 1 aliphatic heterocycles. The standard InChI is InChI=1S/C18H19ClN2O2/c19-13-7-5-12(6-8-13)11-20-18(23)17-15(9-10-22)14-3-1-2-4-16(14)21-17/h1-8,15,17,21-22H,9-11H2,(H,20,23)/t15-,17+/m1/s1. The molecule has 1 heterocycles. The average molecular weight is 331 g/mol. The molecule has 3 N–H and O–H groups in total. The highest BCUT2D eigenvalue weighted by Crippen LogP contribution is 2.37. The SMILES string of the molecule is O=C(NCc1ccc(Cl)cc1)[C@H]1Nc2ccccc2[C@H]1CCO. The minimum Gasteiger partial charge on any atom is -0.396 e. The smallest absolute Gasteiger partial charge is 0.243 e. The van der Waals surface area contributed by atoms with Crippen LogP contribution in [0.1, 0.15) is 23.5 Å². The van der Waals surface area contributed by atoms with Gasteiger partial charge in [-0.3, -0.25) is 4.79 Å². The molecule has 0 spiro atoms. The van der Waals surface area contributed by atoms with E-state index in [2.05, 4.69) is 10.6 Å². The number of aliphatic hydroxyl groups excluding tert-OH is 1. The van der Waals surface area contributed by atoms with Gasteiger partial charge >= 0.3 is 0 Å². The van der Waals surface area contributed by atoms with Crippen molar-refractivity contribution in [2.45, 2.75) is 24.9 Å². The molecule has 5 heteroatoms. The molecule has 0 bridgehead atoms. The minimum atomic E-state index is -0.355. The van der Waals surface area contributed by atoms with Crippen molar-refractivity contribution >= 4 is 23.2 Å². The lowest BCUT2D eigenvalue weighted by Crippen LogP contribution is -2.40. The van der Waals surface area contributed by atoms with Gasteiger partial charge in [0.05, 0.1) is 0 Å². The molecule has 0 saturated carbocycles. The summed E-state index contributed by atoms with van der Waals surface area (Å²) in [5, 5.41) is 16.2. The lowest BCUT2D eigenvalue weighted by Gasteiger charge is -2.19. The number of carbonyl (C=O) groups is 1. The van der Waals surface area contributed by atoms with Gasteiger partial charge < -0.3 is 15.7 Å². The number of amides is 1. The van der Waals surface area contributed by atoms with Crippen LogP contribution in [0.4, 0.5) is 5.69 Å². The molecule has 2 aromatic carbocycles. The monoisotopic (exact) mass is 330 g/mol. The fourth-order valence-electron chi connectivity index (χ4n) is 3.01. The van der Waals surface area contributed by atoms with Crippen LogP contribution in [0.15, 0.2) is 48.5 Å². The number of fused-ring (bicyclic) bond motifs is 1. The molecule has 1 aliphatic rings. The molecule has 120 valence electrons. The van der Waals surface area contributed by atoms with Crippen molar-refractivity contribution < 1.29 is 9.90 Å². The van der Waals surface area contributed by atoms with Gasteiger partial charge in [-0.05, 0) is 35.7 Å². The summed E-state index contributed by atoms with van der Waals surface area (Å²) in [7, 11) is 0. The Morgan fingerprint density at radius 3 is 2.65 bits per heavy atom. The summed E-state index contributed by atoms with van der Waals surface area (Å²) >= 11 is 5.86. The first-order valence-electron chi connectivity index (χ1n) is 7.67. The van der Waals surface area contributed by atoms with E-state index in [1.54, 1.807) is 12.1 Å². The van der Waals surface area contributed by atoms with E-state index in [4.69, 9.17) is 11.6 Å². The largest absolute Gasteiger partial charge is 0.396 e. The van der Waals surface area contributed by atoms with Crippen LogP contribution < -0.4 is 10.6 Å². The highest BCUT2D eigenvalue weighted by Gasteiger charge is 2.36. The summed E-state index contributed by atoms with van der Waals surface area (Å²) in [5.74, 6) is -0.0731. The Hall–Kier alpha value is -2.04. The second-order valence-corrected chi connectivity index (χ2v) is 6.11. The summed E-state index contributed by atoms with van der Waals surface area (Å²) < 4.78 is 0. The van der Waals surface area contributed by atoms with Crippen molar-refractivity contribution in [1.29, 1.82) is 0 Å². The van der Waals surface area contributed by atoms with E-state index < -0.39 is 0 Å². The van der Waals surface area contributed by atoms with Crippen molar-refractivity contribution in [3.8, 4) is 0 Å². The quantitative estimate of drug-likeness (QED) is 0.790. The van der Waals surface area contributed by atoms with Gasteiger partial charge in [-0.15, -0.1) is 0 Å². The molecule has 0 aromatic heterocycles. The molecule has 0 unspecified atom stereocenters. The number of halogens is 1. The molecule has 2 aromatic rings. The van der Waals surface area contributed by atoms with E-state index >= 15 is 0 Å². The predicted molar refractivity (Wildman–Crippen MR) is 91.6 cm³/mol. The van der Waals surface area contributed by atoms with E-state index in [9.17, 15) is 9.90 Å². The highest BCUT2D eigenvalue weighted by molar-refractivity contribution is 6.30. The van der Waals surface area contributed by atoms with Crippen LogP contribution in [0.2, 0.25) is 5.02 Å². The summed E-state index contributed by atoms with van der Waals surface area (Å²) in [4.78, 5) is 12.6. The third-order valence-corrected chi connectivity index (χ3v) is 4.43. The van der Waals surface area contributed by atoms with Crippen LogP contribution in [0, 0.1) is 0 Å². The Bertz CT molecular complexity index is 688. The number of para-hydroxylation sites is 1. The van der Waals surface area contributed by atoms with E-state index in [1.807, 2.05) is 36.4 Å². The van der Waals surface area contributed by atoms with E-state index in [1.165, 1.54) is 0 Å². The number of aliphatic hydroxyl groups is 1. The molecular formula is C18H19ClN2O2. The Morgan fingerprint density at radius 1 is 1.17 bits per heavy atom. The summed E-state index contributed by atoms with van der Waals surface area (Å²) in [5.41, 5.74) is 3.06. The summed E-state index contributed by atoms with van der Waals surface area (Å²) in [6.45, 7) is 0.512. The molecular weight excluding hydrogens is 312 g/mol. The highest BCUT2D eigenvalue weighted by atomic mass is 35.5. The van der Waals surface area contributed by atoms with Crippen molar-refractivity contribution in [2.75, 3.05) is 11.9 Å². The third kappa shape index (κ3) is 3.49. The summed E-state index contributed by atoms with van der Waals surface area (Å²) in [6, 6.07) is 14.9. The zero-order valence-corrected chi connectivity index (χ0v) is 13.4. The first-order chi connectivity index (χ1) is 11.2. The Kier molecular flexibility index (Phi) is 4.84. The van der Waals surface area contributed by atoms with Gasteiger partial charge in [-0.1, -0.05) is 41.9 Å². The molecule has 0 radical (unpaired) electrons. The van der Waals surface area contributed by atoms with Crippen molar-refractivity contribution in [3.05, 3.63) is 64.7 Å². The number of nitrogens with one attached hydrogen (secondary N) is 2. The molecule has 0 aliphatic carbocycles. The maximum absolute atomic E-state index is 12.6. The van der Waals surface area contributed by atoms with E-state index in [0.29, 0.717) is 18.0 Å². The van der Waals surface area contributed by atoms with Crippen LogP contribution in [0.5, 0.6) is 0 Å². The zero-order chi connectivity index (χ0) is 16.2. The van der Waals surface area contributed by atoms with Crippen LogP contribution in [0.25, 0.3) is 0 Å². The van der Waals surface area contributed by atoms with Gasteiger partial charge in [-0.25, -0.2) is 0 Å². The van der Waals surface area contributed by atoms with Gasteiger partial charge in [0.2, 0.25) is 5.91 Å². The number of hydrogen-bond acceptors (Lipinski definition) is 3. The van der Waals surface area contributed by atoms with Crippen LogP contribution in [-0.4, -0.2) is 23.7 Å².